The number of carbonyl (C=O) groups is 1. The molecule has 2 aromatic heterocycles. The highest BCUT2D eigenvalue weighted by Gasteiger charge is 2.15. The number of aromatic nitrogens is 4. The summed E-state index contributed by atoms with van der Waals surface area (Å²) < 4.78 is 10.1. The zero-order valence-electron chi connectivity index (χ0n) is 16.9. The minimum Gasteiger partial charge on any atom is -0.497 e. The van der Waals surface area contributed by atoms with Gasteiger partial charge in [0.15, 0.2) is 5.82 Å². The lowest BCUT2D eigenvalue weighted by molar-refractivity contribution is -0.137. The van der Waals surface area contributed by atoms with Gasteiger partial charge in [-0.3, -0.25) is 5.10 Å². The fourth-order valence-electron chi connectivity index (χ4n) is 2.70. The normalized spacial score (nSPS) is 10.9. The molecule has 3 aromatic rings. The molecular formula is C21H22ClN5O3. The van der Waals surface area contributed by atoms with Crippen LogP contribution in [-0.4, -0.2) is 39.9 Å². The summed E-state index contributed by atoms with van der Waals surface area (Å²) in [5.74, 6) is 1.26. The van der Waals surface area contributed by atoms with Gasteiger partial charge >= 0.3 is 5.97 Å². The van der Waals surface area contributed by atoms with Gasteiger partial charge in [-0.25, -0.2) is 14.8 Å². The van der Waals surface area contributed by atoms with Crippen LogP contribution in [0.4, 0.5) is 5.82 Å². The van der Waals surface area contributed by atoms with Gasteiger partial charge in [-0.1, -0.05) is 23.7 Å². The van der Waals surface area contributed by atoms with Crippen LogP contribution in [0.1, 0.15) is 23.7 Å². The molecule has 8 nitrogen and oxygen atoms in total. The van der Waals surface area contributed by atoms with Gasteiger partial charge in [-0.05, 0) is 37.6 Å². The third-order valence-electron chi connectivity index (χ3n) is 4.21. The van der Waals surface area contributed by atoms with E-state index in [-0.39, 0.29) is 5.15 Å². The van der Waals surface area contributed by atoms with Gasteiger partial charge in [-0.2, -0.15) is 5.10 Å². The maximum absolute atomic E-state index is 11.7. The standard InChI is InChI=1S/C21H22ClN5O3/c1-4-30-19(28)10-9-16-13(2)26-27-20(16)21-24-17(22)11-18(25-21)23-12-14-5-7-15(29-3)8-6-14/h5-11H,4,12H2,1-3H3,(H,26,27)(H,23,24,25). The van der Waals surface area contributed by atoms with Gasteiger partial charge in [-0.15, -0.1) is 0 Å². The van der Waals surface area contributed by atoms with Crippen LogP contribution in [0.25, 0.3) is 17.6 Å². The number of methoxy groups -OCH3 is 1. The lowest BCUT2D eigenvalue weighted by Crippen LogP contribution is -2.04. The van der Waals surface area contributed by atoms with Gasteiger partial charge in [0, 0.05) is 29.9 Å². The Kier molecular flexibility index (Phi) is 7.03. The van der Waals surface area contributed by atoms with Gasteiger partial charge in [0.2, 0.25) is 0 Å². The average molecular weight is 428 g/mol. The topological polar surface area (TPSA) is 102 Å². The first-order valence-electron chi connectivity index (χ1n) is 9.31. The molecule has 156 valence electrons. The second-order valence-corrected chi connectivity index (χ2v) is 6.68. The first-order chi connectivity index (χ1) is 14.5. The number of ether oxygens (including phenoxy) is 2. The number of esters is 1. The second kappa shape index (κ2) is 9.89. The molecule has 0 aliphatic heterocycles. The molecular weight excluding hydrogens is 406 g/mol. The predicted molar refractivity (Wildman–Crippen MR) is 115 cm³/mol. The molecule has 0 amide bonds. The summed E-state index contributed by atoms with van der Waals surface area (Å²) in [6.45, 7) is 4.45. The summed E-state index contributed by atoms with van der Waals surface area (Å²) in [5.41, 5.74) is 3.00. The number of hydrogen-bond donors (Lipinski definition) is 2. The first kappa shape index (κ1) is 21.3. The lowest BCUT2D eigenvalue weighted by Gasteiger charge is -2.08. The van der Waals surface area contributed by atoms with Crippen molar-refractivity contribution >= 4 is 29.5 Å². The van der Waals surface area contributed by atoms with Crippen LogP contribution >= 0.6 is 11.6 Å². The van der Waals surface area contributed by atoms with Crippen molar-refractivity contribution in [2.24, 2.45) is 0 Å². The Balaban J connectivity index is 1.82. The summed E-state index contributed by atoms with van der Waals surface area (Å²) >= 11 is 6.21. The van der Waals surface area contributed by atoms with Gasteiger partial charge in [0.05, 0.1) is 13.7 Å². The van der Waals surface area contributed by atoms with Gasteiger partial charge < -0.3 is 14.8 Å². The number of aromatic amines is 1. The number of carbonyl (C=O) groups excluding carboxylic acids is 1. The van der Waals surface area contributed by atoms with Gasteiger partial charge in [0.1, 0.15) is 22.4 Å². The molecule has 1 aromatic carbocycles. The molecule has 0 saturated carbocycles. The van der Waals surface area contributed by atoms with Crippen LogP contribution in [0.2, 0.25) is 5.15 Å². The van der Waals surface area contributed by atoms with Crippen molar-refractivity contribution in [3.8, 4) is 17.3 Å². The monoisotopic (exact) mass is 427 g/mol. The van der Waals surface area contributed by atoms with Crippen molar-refractivity contribution in [1.29, 1.82) is 0 Å². The second-order valence-electron chi connectivity index (χ2n) is 6.30. The van der Waals surface area contributed by atoms with Crippen molar-refractivity contribution in [3.63, 3.8) is 0 Å². The zero-order valence-corrected chi connectivity index (χ0v) is 17.7. The van der Waals surface area contributed by atoms with Crippen molar-refractivity contribution in [1.82, 2.24) is 20.2 Å². The molecule has 0 aliphatic rings. The van der Waals surface area contributed by atoms with Crippen molar-refractivity contribution in [3.05, 3.63) is 58.4 Å². The maximum atomic E-state index is 11.7. The SMILES string of the molecule is CCOC(=O)C=Cc1c(-c2nc(Cl)cc(NCc3ccc(OC)cc3)n2)n[nH]c1C. The zero-order chi connectivity index (χ0) is 21.5. The summed E-state index contributed by atoms with van der Waals surface area (Å²) in [5, 5.41) is 10.7. The number of rotatable bonds is 8. The Labute approximate surface area is 179 Å². The Bertz CT molecular complexity index is 1050. The average Bonchev–Trinajstić information content (AvgIpc) is 3.11. The molecule has 0 fully saturated rings. The van der Waals surface area contributed by atoms with Crippen LogP contribution in [0.5, 0.6) is 5.75 Å². The summed E-state index contributed by atoms with van der Waals surface area (Å²) in [6, 6.07) is 9.35. The highest BCUT2D eigenvalue weighted by atomic mass is 35.5. The third-order valence-corrected chi connectivity index (χ3v) is 4.40. The molecule has 0 bridgehead atoms. The van der Waals surface area contributed by atoms with E-state index in [1.807, 2.05) is 31.2 Å². The molecule has 0 atom stereocenters. The molecule has 0 aliphatic carbocycles. The molecule has 2 heterocycles. The van der Waals surface area contributed by atoms with E-state index in [1.54, 1.807) is 26.2 Å². The number of benzene rings is 1. The van der Waals surface area contributed by atoms with Crippen LogP contribution < -0.4 is 10.1 Å². The van der Waals surface area contributed by atoms with Crippen LogP contribution in [0, 0.1) is 6.92 Å². The summed E-state index contributed by atoms with van der Waals surface area (Å²) in [4.78, 5) is 20.5. The van der Waals surface area contributed by atoms with E-state index in [9.17, 15) is 4.79 Å². The Hall–Kier alpha value is -3.39. The number of hydrogen-bond acceptors (Lipinski definition) is 7. The molecule has 3 rings (SSSR count). The minimum absolute atomic E-state index is 0.276. The summed E-state index contributed by atoms with van der Waals surface area (Å²) in [7, 11) is 1.63. The highest BCUT2D eigenvalue weighted by molar-refractivity contribution is 6.29. The smallest absolute Gasteiger partial charge is 0.330 e. The van der Waals surface area contributed by atoms with E-state index in [0.29, 0.717) is 36.1 Å². The molecule has 0 radical (unpaired) electrons. The predicted octanol–water partition coefficient (Wildman–Crippen LogP) is 4.03. The van der Waals surface area contributed by atoms with E-state index >= 15 is 0 Å². The molecule has 9 heteroatoms. The molecule has 0 unspecified atom stereocenters. The minimum atomic E-state index is -0.432. The fraction of sp³-hybridized carbons (Fsp3) is 0.238. The Morgan fingerprint density at radius 3 is 2.73 bits per heavy atom. The number of halogens is 1. The number of nitrogens with zero attached hydrogens (tertiary/aromatic N) is 3. The van der Waals surface area contributed by atoms with Crippen molar-refractivity contribution < 1.29 is 14.3 Å². The number of aryl methyl sites for hydroxylation is 1. The fourth-order valence-corrected chi connectivity index (χ4v) is 2.89. The Morgan fingerprint density at radius 2 is 2.03 bits per heavy atom. The van der Waals surface area contributed by atoms with E-state index in [0.717, 1.165) is 17.0 Å². The maximum Gasteiger partial charge on any atom is 0.330 e. The molecule has 30 heavy (non-hydrogen) atoms. The largest absolute Gasteiger partial charge is 0.497 e. The number of anilines is 1. The Morgan fingerprint density at radius 1 is 1.27 bits per heavy atom. The van der Waals surface area contributed by atoms with E-state index in [1.165, 1.54) is 6.08 Å². The first-order valence-corrected chi connectivity index (χ1v) is 9.69. The van der Waals surface area contributed by atoms with Crippen molar-refractivity contribution in [2.75, 3.05) is 19.0 Å². The highest BCUT2D eigenvalue weighted by Crippen LogP contribution is 2.25. The molecule has 0 spiro atoms. The molecule has 2 N–H and O–H groups in total. The van der Waals surface area contributed by atoms with E-state index in [2.05, 4.69) is 25.5 Å². The number of nitrogens with one attached hydrogen (secondary N) is 2. The molecule has 0 saturated heterocycles. The van der Waals surface area contributed by atoms with Crippen molar-refractivity contribution in [2.45, 2.75) is 20.4 Å². The number of H-pyrrole nitrogens is 1. The van der Waals surface area contributed by atoms with Crippen LogP contribution in [0.15, 0.2) is 36.4 Å². The van der Waals surface area contributed by atoms with E-state index in [4.69, 9.17) is 21.1 Å². The van der Waals surface area contributed by atoms with Gasteiger partial charge in [0.25, 0.3) is 0 Å². The quantitative estimate of drug-likeness (QED) is 0.318. The van der Waals surface area contributed by atoms with Crippen LogP contribution in [-0.2, 0) is 16.1 Å². The van der Waals surface area contributed by atoms with E-state index < -0.39 is 5.97 Å². The third kappa shape index (κ3) is 5.36. The van der Waals surface area contributed by atoms with Crippen LogP contribution in [0.3, 0.4) is 0 Å². The lowest BCUT2D eigenvalue weighted by atomic mass is 10.1. The summed E-state index contributed by atoms with van der Waals surface area (Å²) in [6.07, 6.45) is 2.97.